The molecule has 0 aromatic heterocycles. The summed E-state index contributed by atoms with van der Waals surface area (Å²) in [7, 11) is 0. The van der Waals surface area contributed by atoms with E-state index in [1.54, 1.807) is 6.07 Å². The number of rotatable bonds is 3. The van der Waals surface area contributed by atoms with Crippen molar-refractivity contribution in [3.05, 3.63) is 33.8 Å². The van der Waals surface area contributed by atoms with Gasteiger partial charge >= 0.3 is 0 Å². The van der Waals surface area contributed by atoms with Crippen molar-refractivity contribution in [1.82, 2.24) is 4.90 Å². The van der Waals surface area contributed by atoms with Crippen LogP contribution in [0.15, 0.2) is 18.2 Å². The van der Waals surface area contributed by atoms with E-state index >= 15 is 0 Å². The predicted octanol–water partition coefficient (Wildman–Crippen LogP) is 3.93. The van der Waals surface area contributed by atoms with E-state index in [9.17, 15) is 9.90 Å². The number of likely N-dealkylation sites (tertiary alicyclic amines) is 1. The number of aliphatic hydroxyl groups excluding tert-OH is 1. The van der Waals surface area contributed by atoms with Crippen LogP contribution in [-0.4, -0.2) is 34.6 Å². The van der Waals surface area contributed by atoms with Gasteiger partial charge < -0.3 is 10.0 Å². The summed E-state index contributed by atoms with van der Waals surface area (Å²) >= 11 is 12.3. The number of benzene rings is 1. The van der Waals surface area contributed by atoms with E-state index in [-0.39, 0.29) is 29.9 Å². The Morgan fingerprint density at radius 3 is 2.74 bits per heavy atom. The molecule has 2 aliphatic rings. The first-order valence-electron chi connectivity index (χ1n) is 8.39. The summed E-state index contributed by atoms with van der Waals surface area (Å²) in [5.41, 5.74) is 1.01. The molecule has 0 spiro atoms. The molecule has 1 amide bonds. The number of carbonyl (C=O) groups excluding carboxylic acids is 1. The molecule has 1 aliphatic carbocycles. The molecule has 126 valence electrons. The molecular formula is C18H23Cl2NO2. The molecule has 1 aromatic carbocycles. The second-order valence-electron chi connectivity index (χ2n) is 6.87. The first-order valence-corrected chi connectivity index (χ1v) is 9.14. The Labute approximate surface area is 147 Å². The Bertz CT molecular complexity index is 592. The summed E-state index contributed by atoms with van der Waals surface area (Å²) < 4.78 is 0. The van der Waals surface area contributed by atoms with Crippen LogP contribution in [-0.2, 0) is 11.2 Å². The zero-order valence-electron chi connectivity index (χ0n) is 13.3. The molecule has 0 radical (unpaired) electrons. The molecule has 4 unspecified atom stereocenters. The van der Waals surface area contributed by atoms with E-state index in [1.165, 1.54) is 0 Å². The molecule has 1 saturated heterocycles. The summed E-state index contributed by atoms with van der Waals surface area (Å²) in [5.74, 6) is 0.634. The van der Waals surface area contributed by atoms with E-state index in [1.807, 2.05) is 17.0 Å². The van der Waals surface area contributed by atoms with Gasteiger partial charge in [-0.15, -0.1) is 0 Å². The SMILES string of the molecule is CC1C(Cc2ccc(Cl)cc2Cl)C(O)CCC1N1CCCC1=O. The summed E-state index contributed by atoms with van der Waals surface area (Å²) in [4.78, 5) is 14.1. The highest BCUT2D eigenvalue weighted by molar-refractivity contribution is 6.35. The van der Waals surface area contributed by atoms with E-state index in [0.717, 1.165) is 37.8 Å². The van der Waals surface area contributed by atoms with Crippen LogP contribution in [0.3, 0.4) is 0 Å². The maximum Gasteiger partial charge on any atom is 0.222 e. The minimum Gasteiger partial charge on any atom is -0.393 e. The summed E-state index contributed by atoms with van der Waals surface area (Å²) in [5, 5.41) is 11.8. The van der Waals surface area contributed by atoms with Crippen LogP contribution in [0.2, 0.25) is 10.0 Å². The van der Waals surface area contributed by atoms with Gasteiger partial charge in [-0.1, -0.05) is 36.2 Å². The number of nitrogens with zero attached hydrogens (tertiary/aromatic N) is 1. The van der Waals surface area contributed by atoms with Crippen LogP contribution in [0.4, 0.5) is 0 Å². The molecule has 5 heteroatoms. The quantitative estimate of drug-likeness (QED) is 0.891. The number of halogens is 2. The topological polar surface area (TPSA) is 40.5 Å². The predicted molar refractivity (Wildman–Crippen MR) is 92.8 cm³/mol. The Balaban J connectivity index is 1.77. The average molecular weight is 356 g/mol. The van der Waals surface area contributed by atoms with Gasteiger partial charge in [0.1, 0.15) is 0 Å². The maximum atomic E-state index is 12.1. The van der Waals surface area contributed by atoms with Crippen molar-refractivity contribution in [2.45, 2.75) is 51.2 Å². The number of hydrogen-bond donors (Lipinski definition) is 1. The lowest BCUT2D eigenvalue weighted by Gasteiger charge is -2.43. The first kappa shape index (κ1) is 17.1. The van der Waals surface area contributed by atoms with Crippen LogP contribution in [0.1, 0.15) is 38.2 Å². The van der Waals surface area contributed by atoms with Gasteiger partial charge in [0.15, 0.2) is 0 Å². The molecule has 0 bridgehead atoms. The van der Waals surface area contributed by atoms with E-state index < -0.39 is 0 Å². The van der Waals surface area contributed by atoms with Gasteiger partial charge in [-0.25, -0.2) is 0 Å². The van der Waals surface area contributed by atoms with Crippen molar-refractivity contribution >= 4 is 29.1 Å². The second-order valence-corrected chi connectivity index (χ2v) is 7.71. The zero-order valence-corrected chi connectivity index (χ0v) is 14.9. The standard InChI is InChI=1S/C18H23Cl2NO2/c1-11-14(9-12-4-5-13(19)10-15(12)20)17(22)7-6-16(11)21-8-2-3-18(21)23/h4-5,10-11,14,16-17,22H,2-3,6-9H2,1H3. The Hall–Kier alpha value is -0.770. The number of carbonyl (C=O) groups is 1. The molecule has 3 nitrogen and oxygen atoms in total. The third-order valence-electron chi connectivity index (χ3n) is 5.52. The van der Waals surface area contributed by atoms with Gasteiger partial charge in [0.2, 0.25) is 5.91 Å². The van der Waals surface area contributed by atoms with Crippen molar-refractivity contribution in [2.75, 3.05) is 6.54 Å². The number of amides is 1. The monoisotopic (exact) mass is 355 g/mol. The van der Waals surface area contributed by atoms with Gasteiger partial charge in [0, 0.05) is 29.1 Å². The molecule has 1 aromatic rings. The van der Waals surface area contributed by atoms with Gasteiger partial charge in [-0.3, -0.25) is 4.79 Å². The van der Waals surface area contributed by atoms with Crippen LogP contribution in [0, 0.1) is 11.8 Å². The second kappa shape index (κ2) is 7.00. The molecule has 1 aliphatic heterocycles. The smallest absolute Gasteiger partial charge is 0.222 e. The Morgan fingerprint density at radius 2 is 2.09 bits per heavy atom. The van der Waals surface area contributed by atoms with Crippen LogP contribution < -0.4 is 0 Å². The van der Waals surface area contributed by atoms with Crippen molar-refractivity contribution in [2.24, 2.45) is 11.8 Å². The highest BCUT2D eigenvalue weighted by Gasteiger charge is 2.41. The third kappa shape index (κ3) is 3.52. The fourth-order valence-corrected chi connectivity index (χ4v) is 4.66. The molecule has 1 heterocycles. The summed E-state index contributed by atoms with van der Waals surface area (Å²) in [6.45, 7) is 3.02. The molecule has 1 N–H and O–H groups in total. The van der Waals surface area contributed by atoms with Crippen molar-refractivity contribution in [3.63, 3.8) is 0 Å². The van der Waals surface area contributed by atoms with E-state index in [2.05, 4.69) is 6.92 Å². The summed E-state index contributed by atoms with van der Waals surface area (Å²) in [6, 6.07) is 5.77. The van der Waals surface area contributed by atoms with Crippen LogP contribution >= 0.6 is 23.2 Å². The van der Waals surface area contributed by atoms with Gasteiger partial charge in [-0.2, -0.15) is 0 Å². The first-order chi connectivity index (χ1) is 11.0. The molecule has 3 rings (SSSR count). The highest BCUT2D eigenvalue weighted by Crippen LogP contribution is 2.38. The average Bonchev–Trinajstić information content (AvgIpc) is 2.91. The van der Waals surface area contributed by atoms with Crippen molar-refractivity contribution in [1.29, 1.82) is 0 Å². The lowest BCUT2D eigenvalue weighted by molar-refractivity contribution is -0.133. The summed E-state index contributed by atoms with van der Waals surface area (Å²) in [6.07, 6.45) is 3.63. The molecule has 2 fully saturated rings. The van der Waals surface area contributed by atoms with Gasteiger partial charge in [0.25, 0.3) is 0 Å². The minimum absolute atomic E-state index is 0.112. The van der Waals surface area contributed by atoms with Gasteiger partial charge in [0.05, 0.1) is 6.10 Å². The number of hydrogen-bond acceptors (Lipinski definition) is 2. The fraction of sp³-hybridized carbons (Fsp3) is 0.611. The number of aliphatic hydroxyl groups is 1. The molecule has 23 heavy (non-hydrogen) atoms. The van der Waals surface area contributed by atoms with Crippen molar-refractivity contribution < 1.29 is 9.90 Å². The Morgan fingerprint density at radius 1 is 1.30 bits per heavy atom. The lowest BCUT2D eigenvalue weighted by atomic mass is 9.72. The highest BCUT2D eigenvalue weighted by atomic mass is 35.5. The Kier molecular flexibility index (Phi) is 5.19. The minimum atomic E-state index is -0.342. The largest absolute Gasteiger partial charge is 0.393 e. The molecular weight excluding hydrogens is 333 g/mol. The lowest BCUT2D eigenvalue weighted by Crippen LogP contribution is -2.49. The van der Waals surface area contributed by atoms with Gasteiger partial charge in [-0.05, 0) is 55.2 Å². The van der Waals surface area contributed by atoms with Crippen molar-refractivity contribution in [3.8, 4) is 0 Å². The molecule has 4 atom stereocenters. The van der Waals surface area contributed by atoms with E-state index in [4.69, 9.17) is 23.2 Å². The fourth-order valence-electron chi connectivity index (χ4n) is 4.18. The van der Waals surface area contributed by atoms with Crippen LogP contribution in [0.25, 0.3) is 0 Å². The third-order valence-corrected chi connectivity index (χ3v) is 6.10. The normalized spacial score (nSPS) is 31.7. The van der Waals surface area contributed by atoms with Crippen LogP contribution in [0.5, 0.6) is 0 Å². The van der Waals surface area contributed by atoms with E-state index in [0.29, 0.717) is 16.5 Å². The zero-order chi connectivity index (χ0) is 16.6. The molecule has 1 saturated carbocycles. The maximum absolute atomic E-state index is 12.1.